The summed E-state index contributed by atoms with van der Waals surface area (Å²) in [7, 11) is 1.65. The lowest BCUT2D eigenvalue weighted by Gasteiger charge is -2.16. The van der Waals surface area contributed by atoms with E-state index >= 15 is 0 Å². The normalized spacial score (nSPS) is 11.8. The molecule has 0 aliphatic heterocycles. The molecule has 0 aliphatic rings. The number of benzene rings is 1. The van der Waals surface area contributed by atoms with Crippen molar-refractivity contribution in [3.8, 4) is 5.75 Å². The van der Waals surface area contributed by atoms with E-state index in [9.17, 15) is 4.79 Å². The first-order chi connectivity index (χ1) is 9.06. The van der Waals surface area contributed by atoms with Gasteiger partial charge in [0.2, 0.25) is 5.91 Å². The Kier molecular flexibility index (Phi) is 6.19. The molecule has 1 aromatic rings. The van der Waals surface area contributed by atoms with E-state index in [4.69, 9.17) is 4.74 Å². The average Bonchev–Trinajstić information content (AvgIpc) is 2.36. The van der Waals surface area contributed by atoms with Gasteiger partial charge in [-0.25, -0.2) is 0 Å². The molecule has 2 N–H and O–H groups in total. The van der Waals surface area contributed by atoms with E-state index < -0.39 is 0 Å². The highest BCUT2D eigenvalue weighted by Gasteiger charge is 2.07. The average molecular weight is 264 g/mol. The maximum absolute atomic E-state index is 11.1. The van der Waals surface area contributed by atoms with Gasteiger partial charge >= 0.3 is 0 Å². The molecule has 0 spiro atoms. The van der Waals surface area contributed by atoms with Crippen LogP contribution >= 0.6 is 0 Å². The molecular weight excluding hydrogens is 240 g/mol. The van der Waals surface area contributed by atoms with Crippen LogP contribution in [0.1, 0.15) is 33.6 Å². The van der Waals surface area contributed by atoms with E-state index in [1.54, 1.807) is 7.11 Å². The Morgan fingerprint density at radius 3 is 2.74 bits per heavy atom. The molecule has 106 valence electrons. The Bertz CT molecular complexity index is 419. The van der Waals surface area contributed by atoms with Gasteiger partial charge in [0, 0.05) is 19.2 Å². The maximum Gasteiger partial charge on any atom is 0.221 e. The lowest BCUT2D eigenvalue weighted by molar-refractivity contribution is -0.114. The topological polar surface area (TPSA) is 50.4 Å². The van der Waals surface area contributed by atoms with Crippen LogP contribution in [0.2, 0.25) is 0 Å². The zero-order valence-corrected chi connectivity index (χ0v) is 12.2. The first-order valence-corrected chi connectivity index (χ1v) is 6.76. The molecule has 0 aliphatic carbocycles. The van der Waals surface area contributed by atoms with Crippen molar-refractivity contribution in [1.82, 2.24) is 0 Å². The molecule has 1 aromatic carbocycles. The molecule has 4 nitrogen and oxygen atoms in total. The van der Waals surface area contributed by atoms with E-state index in [1.165, 1.54) is 19.8 Å². The van der Waals surface area contributed by atoms with Crippen LogP contribution in [0, 0.1) is 5.92 Å². The molecule has 1 unspecified atom stereocenters. The summed E-state index contributed by atoms with van der Waals surface area (Å²) in [6, 6.07) is 5.60. The summed E-state index contributed by atoms with van der Waals surface area (Å²) >= 11 is 0. The monoisotopic (exact) mass is 264 g/mol. The van der Waals surface area contributed by atoms with Gasteiger partial charge in [0.15, 0.2) is 0 Å². The summed E-state index contributed by atoms with van der Waals surface area (Å²) in [5, 5.41) is 6.16. The summed E-state index contributed by atoms with van der Waals surface area (Å²) in [5.74, 6) is 1.33. The number of rotatable bonds is 7. The van der Waals surface area contributed by atoms with Gasteiger partial charge in [-0.15, -0.1) is 0 Å². The molecule has 0 aromatic heterocycles. The standard InChI is InChI=1S/C15H24N2O2/c1-5-6-11(2)10-16-14-9-13(17-12(3)18)7-8-15(14)19-4/h7-9,11,16H,5-6,10H2,1-4H3,(H,17,18). The fourth-order valence-electron chi connectivity index (χ4n) is 2.01. The van der Waals surface area contributed by atoms with Crippen molar-refractivity contribution in [2.45, 2.75) is 33.6 Å². The SMILES string of the molecule is CCCC(C)CNc1cc(NC(C)=O)ccc1OC. The molecule has 19 heavy (non-hydrogen) atoms. The van der Waals surface area contributed by atoms with Gasteiger partial charge in [0.05, 0.1) is 12.8 Å². The molecule has 4 heteroatoms. The summed E-state index contributed by atoms with van der Waals surface area (Å²) in [4.78, 5) is 11.1. The van der Waals surface area contributed by atoms with Crippen LogP contribution in [0.3, 0.4) is 0 Å². The lowest BCUT2D eigenvalue weighted by atomic mass is 10.1. The zero-order chi connectivity index (χ0) is 14.3. The van der Waals surface area contributed by atoms with Crippen LogP contribution in [0.4, 0.5) is 11.4 Å². The van der Waals surface area contributed by atoms with Crippen LogP contribution in [-0.2, 0) is 4.79 Å². The van der Waals surface area contributed by atoms with Gasteiger partial charge in [0.25, 0.3) is 0 Å². The van der Waals surface area contributed by atoms with Crippen LogP contribution in [-0.4, -0.2) is 19.6 Å². The van der Waals surface area contributed by atoms with Crippen molar-refractivity contribution in [1.29, 1.82) is 0 Å². The molecular formula is C15H24N2O2. The Balaban J connectivity index is 2.75. The number of anilines is 2. The van der Waals surface area contributed by atoms with Crippen LogP contribution in [0.25, 0.3) is 0 Å². The first-order valence-electron chi connectivity index (χ1n) is 6.76. The maximum atomic E-state index is 11.1. The molecule has 0 radical (unpaired) electrons. The summed E-state index contributed by atoms with van der Waals surface area (Å²) in [5.41, 5.74) is 1.69. The Labute approximate surface area is 115 Å². The Hall–Kier alpha value is -1.71. The molecule has 0 saturated carbocycles. The largest absolute Gasteiger partial charge is 0.495 e. The summed E-state index contributed by atoms with van der Waals surface area (Å²) in [6.45, 7) is 6.81. The van der Waals surface area contributed by atoms with E-state index in [0.717, 1.165) is 23.7 Å². The molecule has 0 saturated heterocycles. The van der Waals surface area contributed by atoms with Crippen molar-refractivity contribution >= 4 is 17.3 Å². The number of hydrogen-bond acceptors (Lipinski definition) is 3. The summed E-state index contributed by atoms with van der Waals surface area (Å²) in [6.07, 6.45) is 2.38. The van der Waals surface area contributed by atoms with Crippen LogP contribution < -0.4 is 15.4 Å². The second-order valence-corrected chi connectivity index (χ2v) is 4.87. The Morgan fingerprint density at radius 2 is 2.16 bits per heavy atom. The fraction of sp³-hybridized carbons (Fsp3) is 0.533. The van der Waals surface area contributed by atoms with Crippen molar-refractivity contribution in [2.75, 3.05) is 24.3 Å². The van der Waals surface area contributed by atoms with Crippen LogP contribution in [0.15, 0.2) is 18.2 Å². The van der Waals surface area contributed by atoms with E-state index in [2.05, 4.69) is 24.5 Å². The van der Waals surface area contributed by atoms with Crippen LogP contribution in [0.5, 0.6) is 5.75 Å². The van der Waals surface area contributed by atoms with Crippen molar-refractivity contribution in [2.24, 2.45) is 5.92 Å². The zero-order valence-electron chi connectivity index (χ0n) is 12.2. The highest BCUT2D eigenvalue weighted by molar-refractivity contribution is 5.89. The predicted molar refractivity (Wildman–Crippen MR) is 79.9 cm³/mol. The smallest absolute Gasteiger partial charge is 0.221 e. The quantitative estimate of drug-likeness (QED) is 0.792. The van der Waals surface area contributed by atoms with Crippen molar-refractivity contribution in [3.63, 3.8) is 0 Å². The molecule has 1 atom stereocenters. The number of hydrogen-bond donors (Lipinski definition) is 2. The molecule has 0 heterocycles. The third kappa shape index (κ3) is 5.20. The fourth-order valence-corrected chi connectivity index (χ4v) is 2.01. The van der Waals surface area contributed by atoms with E-state index in [0.29, 0.717) is 5.92 Å². The Morgan fingerprint density at radius 1 is 1.42 bits per heavy atom. The minimum Gasteiger partial charge on any atom is -0.495 e. The second kappa shape index (κ2) is 7.67. The summed E-state index contributed by atoms with van der Waals surface area (Å²) < 4.78 is 5.32. The van der Waals surface area contributed by atoms with E-state index in [1.807, 2.05) is 18.2 Å². The van der Waals surface area contributed by atoms with Gasteiger partial charge < -0.3 is 15.4 Å². The van der Waals surface area contributed by atoms with Gasteiger partial charge in [-0.2, -0.15) is 0 Å². The van der Waals surface area contributed by atoms with Gasteiger partial charge in [-0.3, -0.25) is 4.79 Å². The van der Waals surface area contributed by atoms with Gasteiger partial charge in [-0.1, -0.05) is 20.3 Å². The predicted octanol–water partition coefficient (Wildman–Crippen LogP) is 3.50. The number of carbonyl (C=O) groups excluding carboxylic acids is 1. The molecule has 1 rings (SSSR count). The number of methoxy groups -OCH3 is 1. The molecule has 0 bridgehead atoms. The third-order valence-corrected chi connectivity index (χ3v) is 2.94. The van der Waals surface area contributed by atoms with E-state index in [-0.39, 0.29) is 5.91 Å². The first kappa shape index (κ1) is 15.3. The minimum absolute atomic E-state index is 0.0736. The number of carbonyl (C=O) groups is 1. The second-order valence-electron chi connectivity index (χ2n) is 4.87. The van der Waals surface area contributed by atoms with Crippen molar-refractivity contribution < 1.29 is 9.53 Å². The molecule has 0 fully saturated rings. The number of nitrogens with one attached hydrogen (secondary N) is 2. The highest BCUT2D eigenvalue weighted by atomic mass is 16.5. The minimum atomic E-state index is -0.0736. The van der Waals surface area contributed by atoms with Gasteiger partial charge in [0.1, 0.15) is 5.75 Å². The lowest BCUT2D eigenvalue weighted by Crippen LogP contribution is -2.12. The number of ether oxygens (including phenoxy) is 1. The number of amides is 1. The molecule has 1 amide bonds. The third-order valence-electron chi connectivity index (χ3n) is 2.94. The van der Waals surface area contributed by atoms with Crippen molar-refractivity contribution in [3.05, 3.63) is 18.2 Å². The van der Waals surface area contributed by atoms with Gasteiger partial charge in [-0.05, 0) is 30.5 Å². The highest BCUT2D eigenvalue weighted by Crippen LogP contribution is 2.28.